The highest BCUT2D eigenvalue weighted by molar-refractivity contribution is 4.96. The number of rotatable bonds is 4. The van der Waals surface area contributed by atoms with Crippen LogP contribution in [0.3, 0.4) is 0 Å². The van der Waals surface area contributed by atoms with Gasteiger partial charge in [-0.25, -0.2) is 0 Å². The molecule has 1 aliphatic heterocycles. The van der Waals surface area contributed by atoms with E-state index in [9.17, 15) is 5.11 Å². The van der Waals surface area contributed by atoms with Gasteiger partial charge in [0.15, 0.2) is 0 Å². The fourth-order valence-corrected chi connectivity index (χ4v) is 3.79. The Morgan fingerprint density at radius 3 is 2.67 bits per heavy atom. The predicted octanol–water partition coefficient (Wildman–Crippen LogP) is 2.90. The third kappa shape index (κ3) is 2.89. The van der Waals surface area contributed by atoms with E-state index in [2.05, 4.69) is 6.92 Å². The molecule has 1 saturated heterocycles. The lowest BCUT2D eigenvalue weighted by Gasteiger charge is -2.48. The molecule has 2 unspecified atom stereocenters. The van der Waals surface area contributed by atoms with Gasteiger partial charge in [0.2, 0.25) is 0 Å². The van der Waals surface area contributed by atoms with Crippen molar-refractivity contribution in [2.45, 2.75) is 69.5 Å². The summed E-state index contributed by atoms with van der Waals surface area (Å²) in [6, 6.07) is 0. The molecule has 3 heteroatoms. The summed E-state index contributed by atoms with van der Waals surface area (Å²) in [5.74, 6) is 0.328. The second-order valence-corrected chi connectivity index (χ2v) is 6.17. The van der Waals surface area contributed by atoms with Crippen LogP contribution in [-0.2, 0) is 9.47 Å². The Bertz CT molecular complexity index is 255. The van der Waals surface area contributed by atoms with Gasteiger partial charge < -0.3 is 14.6 Å². The molecule has 1 heterocycles. The van der Waals surface area contributed by atoms with E-state index in [-0.39, 0.29) is 5.60 Å². The van der Waals surface area contributed by atoms with Crippen molar-refractivity contribution in [3.63, 3.8) is 0 Å². The summed E-state index contributed by atoms with van der Waals surface area (Å²) >= 11 is 0. The normalized spacial score (nSPS) is 31.2. The molecule has 18 heavy (non-hydrogen) atoms. The fourth-order valence-electron chi connectivity index (χ4n) is 3.79. The van der Waals surface area contributed by atoms with Crippen molar-refractivity contribution in [3.8, 4) is 0 Å². The number of aliphatic hydroxyl groups is 1. The van der Waals surface area contributed by atoms with E-state index in [0.717, 1.165) is 25.9 Å². The third-order valence-corrected chi connectivity index (χ3v) is 5.02. The molecule has 1 saturated carbocycles. The van der Waals surface area contributed by atoms with Gasteiger partial charge in [0.05, 0.1) is 17.8 Å². The van der Waals surface area contributed by atoms with Crippen molar-refractivity contribution in [1.29, 1.82) is 0 Å². The first-order chi connectivity index (χ1) is 8.64. The zero-order chi connectivity index (χ0) is 13.1. The van der Waals surface area contributed by atoms with Crippen LogP contribution >= 0.6 is 0 Å². The Kier molecular flexibility index (Phi) is 4.68. The molecule has 0 amide bonds. The summed E-state index contributed by atoms with van der Waals surface area (Å²) in [5, 5.41) is 10.8. The first-order valence-corrected chi connectivity index (χ1v) is 7.49. The summed E-state index contributed by atoms with van der Waals surface area (Å²) in [7, 11) is 1.68. The lowest BCUT2D eigenvalue weighted by atomic mass is 9.70. The Hall–Kier alpha value is -0.120. The molecule has 2 fully saturated rings. The largest absolute Gasteiger partial charge is 0.387 e. The first-order valence-electron chi connectivity index (χ1n) is 7.49. The second-order valence-electron chi connectivity index (χ2n) is 6.17. The van der Waals surface area contributed by atoms with Gasteiger partial charge >= 0.3 is 0 Å². The van der Waals surface area contributed by atoms with Gasteiger partial charge in [0.25, 0.3) is 0 Å². The Morgan fingerprint density at radius 1 is 1.33 bits per heavy atom. The smallest absolute Gasteiger partial charge is 0.0907 e. The molecule has 2 atom stereocenters. The van der Waals surface area contributed by atoms with E-state index in [1.54, 1.807) is 7.11 Å². The first kappa shape index (κ1) is 14.3. The quantitative estimate of drug-likeness (QED) is 0.840. The molecule has 2 rings (SSSR count). The maximum atomic E-state index is 10.8. The maximum Gasteiger partial charge on any atom is 0.0907 e. The van der Waals surface area contributed by atoms with Crippen molar-refractivity contribution in [1.82, 2.24) is 0 Å². The highest BCUT2D eigenvalue weighted by Gasteiger charge is 2.45. The van der Waals surface area contributed by atoms with E-state index in [1.807, 2.05) is 0 Å². The molecular weight excluding hydrogens is 228 g/mol. The topological polar surface area (TPSA) is 38.7 Å². The molecule has 2 aliphatic rings. The van der Waals surface area contributed by atoms with Crippen LogP contribution in [-0.4, -0.2) is 36.6 Å². The van der Waals surface area contributed by atoms with E-state index < -0.39 is 5.60 Å². The maximum absolute atomic E-state index is 10.8. The minimum atomic E-state index is -0.664. The summed E-state index contributed by atoms with van der Waals surface area (Å²) < 4.78 is 11.3. The molecule has 0 aromatic carbocycles. The van der Waals surface area contributed by atoms with Crippen molar-refractivity contribution in [3.05, 3.63) is 0 Å². The standard InChI is InChI=1S/C15H28O3/c1-3-15(16,12-17-2)13-7-10-18-14(11-13)8-5-4-6-9-14/h13,16H,3-12H2,1-2H3. The molecule has 1 aliphatic carbocycles. The van der Waals surface area contributed by atoms with Gasteiger partial charge in [-0.1, -0.05) is 26.2 Å². The molecule has 3 nitrogen and oxygen atoms in total. The SMILES string of the molecule is CCC(O)(COC)C1CCOC2(CCCCC2)C1. The number of hydrogen-bond acceptors (Lipinski definition) is 3. The summed E-state index contributed by atoms with van der Waals surface area (Å²) in [4.78, 5) is 0. The van der Waals surface area contributed by atoms with Crippen molar-refractivity contribution < 1.29 is 14.6 Å². The highest BCUT2D eigenvalue weighted by atomic mass is 16.5. The van der Waals surface area contributed by atoms with Crippen LogP contribution in [0.15, 0.2) is 0 Å². The summed E-state index contributed by atoms with van der Waals surface area (Å²) in [5.41, 5.74) is -0.596. The van der Waals surface area contributed by atoms with Gasteiger partial charge in [-0.05, 0) is 38.0 Å². The molecule has 0 aromatic rings. The van der Waals surface area contributed by atoms with Crippen LogP contribution in [0.25, 0.3) is 0 Å². The lowest BCUT2D eigenvalue weighted by molar-refractivity contribution is -0.168. The minimum Gasteiger partial charge on any atom is -0.387 e. The molecule has 0 radical (unpaired) electrons. The van der Waals surface area contributed by atoms with Gasteiger partial charge in [-0.15, -0.1) is 0 Å². The number of methoxy groups -OCH3 is 1. The van der Waals surface area contributed by atoms with Gasteiger partial charge in [-0.3, -0.25) is 0 Å². The zero-order valence-corrected chi connectivity index (χ0v) is 11.9. The summed E-state index contributed by atoms with van der Waals surface area (Å²) in [6.07, 6.45) is 9.00. The average molecular weight is 256 g/mol. The highest BCUT2D eigenvalue weighted by Crippen LogP contribution is 2.44. The van der Waals surface area contributed by atoms with Crippen LogP contribution in [0, 0.1) is 5.92 Å². The van der Waals surface area contributed by atoms with Crippen molar-refractivity contribution in [2.75, 3.05) is 20.3 Å². The molecule has 1 N–H and O–H groups in total. The summed E-state index contributed by atoms with van der Waals surface area (Å²) in [6.45, 7) is 3.31. The van der Waals surface area contributed by atoms with Crippen molar-refractivity contribution >= 4 is 0 Å². The number of ether oxygens (including phenoxy) is 2. The molecular formula is C15H28O3. The third-order valence-electron chi connectivity index (χ3n) is 5.02. The second kappa shape index (κ2) is 5.89. The van der Waals surface area contributed by atoms with Crippen LogP contribution in [0.2, 0.25) is 0 Å². The van der Waals surface area contributed by atoms with Crippen LogP contribution in [0.5, 0.6) is 0 Å². The van der Waals surface area contributed by atoms with Crippen molar-refractivity contribution in [2.24, 2.45) is 5.92 Å². The Labute approximate surface area is 111 Å². The molecule has 0 bridgehead atoms. The number of hydrogen-bond donors (Lipinski definition) is 1. The van der Waals surface area contributed by atoms with E-state index in [0.29, 0.717) is 12.5 Å². The molecule has 0 aromatic heterocycles. The Morgan fingerprint density at radius 2 is 2.06 bits per heavy atom. The van der Waals surface area contributed by atoms with Gasteiger partial charge in [0.1, 0.15) is 0 Å². The van der Waals surface area contributed by atoms with E-state index in [4.69, 9.17) is 9.47 Å². The molecule has 1 spiro atoms. The fraction of sp³-hybridized carbons (Fsp3) is 1.00. The average Bonchev–Trinajstić information content (AvgIpc) is 2.40. The Balaban J connectivity index is 2.04. The van der Waals surface area contributed by atoms with Crippen LogP contribution < -0.4 is 0 Å². The zero-order valence-electron chi connectivity index (χ0n) is 11.9. The molecule has 106 valence electrons. The minimum absolute atomic E-state index is 0.0675. The predicted molar refractivity (Wildman–Crippen MR) is 71.6 cm³/mol. The van der Waals surface area contributed by atoms with E-state index in [1.165, 1.54) is 32.1 Å². The van der Waals surface area contributed by atoms with Gasteiger partial charge in [-0.2, -0.15) is 0 Å². The van der Waals surface area contributed by atoms with E-state index >= 15 is 0 Å². The van der Waals surface area contributed by atoms with Crippen LogP contribution in [0.4, 0.5) is 0 Å². The van der Waals surface area contributed by atoms with Crippen LogP contribution in [0.1, 0.15) is 58.3 Å². The lowest BCUT2D eigenvalue weighted by Crippen LogP contribution is -2.51. The monoisotopic (exact) mass is 256 g/mol. The van der Waals surface area contributed by atoms with Gasteiger partial charge in [0, 0.05) is 13.7 Å².